The van der Waals surface area contributed by atoms with Gasteiger partial charge in [-0.2, -0.15) is 0 Å². The number of ether oxygens (including phenoxy) is 1. The Bertz CT molecular complexity index is 1000. The Balaban J connectivity index is 1.16. The van der Waals surface area contributed by atoms with E-state index < -0.39 is 5.60 Å². The number of aromatic nitrogens is 1. The normalized spacial score (nSPS) is 18.6. The predicted molar refractivity (Wildman–Crippen MR) is 112 cm³/mol. The molecule has 7 heteroatoms. The first kappa shape index (κ1) is 19.2. The quantitative estimate of drug-likeness (QED) is 0.677. The summed E-state index contributed by atoms with van der Waals surface area (Å²) in [6.07, 6.45) is 1.67. The molecule has 1 aliphatic heterocycles. The molecule has 1 aromatic heterocycles. The van der Waals surface area contributed by atoms with Crippen molar-refractivity contribution in [1.29, 1.82) is 0 Å². The molecule has 1 amide bonds. The number of amides is 1. The molecule has 2 heterocycles. The second kappa shape index (κ2) is 7.83. The highest BCUT2D eigenvalue weighted by molar-refractivity contribution is 5.94. The minimum absolute atomic E-state index is 0.0342. The molecule has 0 atom stereocenters. The number of carbonyl (C=O) groups is 1. The number of hydrogen-bond acceptors (Lipinski definition) is 6. The smallest absolute Gasteiger partial charge is 0.253 e. The minimum atomic E-state index is -0.582. The molecule has 1 N–H and O–H groups in total. The van der Waals surface area contributed by atoms with Crippen LogP contribution in [0.1, 0.15) is 23.2 Å². The van der Waals surface area contributed by atoms with Gasteiger partial charge in [0.05, 0.1) is 18.9 Å². The molecule has 0 bridgehead atoms. The molecule has 0 radical (unpaired) electrons. The first-order chi connectivity index (χ1) is 14.6. The van der Waals surface area contributed by atoms with Crippen LogP contribution in [0.15, 0.2) is 52.9 Å². The average Bonchev–Trinajstić information content (AvgIpc) is 3.35. The Kier molecular flexibility index (Phi) is 5.02. The number of fused-ring (bicyclic) bond motifs is 1. The van der Waals surface area contributed by atoms with E-state index in [4.69, 9.17) is 9.15 Å². The Morgan fingerprint density at radius 1 is 1.07 bits per heavy atom. The molecule has 7 nitrogen and oxygen atoms in total. The van der Waals surface area contributed by atoms with Crippen molar-refractivity contribution in [2.45, 2.75) is 18.4 Å². The standard InChI is InChI=1S/C23H25N3O4/c27-22(26-13-11-25(12-14-26)16-29-15-23(28)9-10-23)18-7-5-17(6-8-18)21-24-19-3-1-2-4-20(19)30-21/h1-8,28H,9-16H2. The maximum Gasteiger partial charge on any atom is 0.253 e. The number of rotatable bonds is 6. The summed E-state index contributed by atoms with van der Waals surface area (Å²) < 4.78 is 11.4. The van der Waals surface area contributed by atoms with Crippen LogP contribution in [0.5, 0.6) is 0 Å². The molecule has 2 fully saturated rings. The fourth-order valence-corrected chi connectivity index (χ4v) is 3.67. The Hall–Kier alpha value is -2.74. The SMILES string of the molecule is O=C(c1ccc(-c2nc3ccccc3o2)cc1)N1CCN(COCC2(O)CC2)CC1. The lowest BCUT2D eigenvalue weighted by Gasteiger charge is -2.34. The van der Waals surface area contributed by atoms with E-state index in [1.807, 2.05) is 53.4 Å². The molecule has 1 aliphatic carbocycles. The maximum atomic E-state index is 12.9. The predicted octanol–water partition coefficient (Wildman–Crippen LogP) is 2.75. The van der Waals surface area contributed by atoms with Crippen LogP contribution in [0.3, 0.4) is 0 Å². The van der Waals surface area contributed by atoms with Gasteiger partial charge in [0.2, 0.25) is 5.89 Å². The van der Waals surface area contributed by atoms with Crippen LogP contribution in [-0.4, -0.2) is 70.9 Å². The van der Waals surface area contributed by atoms with Gasteiger partial charge in [0.15, 0.2) is 5.58 Å². The van der Waals surface area contributed by atoms with Crippen LogP contribution in [0.25, 0.3) is 22.6 Å². The summed E-state index contributed by atoms with van der Waals surface area (Å²) in [7, 11) is 0. The zero-order chi connectivity index (χ0) is 20.6. The van der Waals surface area contributed by atoms with Crippen molar-refractivity contribution in [3.63, 3.8) is 0 Å². The highest BCUT2D eigenvalue weighted by atomic mass is 16.5. The van der Waals surface area contributed by atoms with Crippen LogP contribution >= 0.6 is 0 Å². The molecule has 1 saturated carbocycles. The summed E-state index contributed by atoms with van der Waals surface area (Å²) in [5.74, 6) is 0.589. The molecule has 156 valence electrons. The van der Waals surface area contributed by atoms with Crippen LogP contribution in [-0.2, 0) is 4.74 Å². The fraction of sp³-hybridized carbons (Fsp3) is 0.391. The number of carbonyl (C=O) groups excluding carboxylic acids is 1. The van der Waals surface area contributed by atoms with Crippen molar-refractivity contribution in [2.75, 3.05) is 39.5 Å². The first-order valence-corrected chi connectivity index (χ1v) is 10.4. The molecule has 1 saturated heterocycles. The van der Waals surface area contributed by atoms with Gasteiger partial charge in [0.1, 0.15) is 5.52 Å². The number of aliphatic hydroxyl groups is 1. The molecule has 2 aliphatic rings. The number of nitrogens with zero attached hydrogens (tertiary/aromatic N) is 3. The third kappa shape index (κ3) is 4.09. The third-order valence-electron chi connectivity index (χ3n) is 5.80. The van der Waals surface area contributed by atoms with Crippen LogP contribution in [0.2, 0.25) is 0 Å². The molecule has 0 unspecified atom stereocenters. The largest absolute Gasteiger partial charge is 0.436 e. The number of hydrogen-bond donors (Lipinski definition) is 1. The summed E-state index contributed by atoms with van der Waals surface area (Å²) in [6, 6.07) is 15.1. The van der Waals surface area contributed by atoms with Gasteiger partial charge in [-0.15, -0.1) is 0 Å². The lowest BCUT2D eigenvalue weighted by Crippen LogP contribution is -2.49. The fourth-order valence-electron chi connectivity index (χ4n) is 3.67. The van der Waals surface area contributed by atoms with Gasteiger partial charge in [-0.3, -0.25) is 9.69 Å². The molecule has 30 heavy (non-hydrogen) atoms. The number of oxazole rings is 1. The van der Waals surface area contributed by atoms with Gasteiger partial charge in [-0.1, -0.05) is 12.1 Å². The average molecular weight is 407 g/mol. The van der Waals surface area contributed by atoms with E-state index in [9.17, 15) is 9.90 Å². The molecule has 3 aromatic rings. The molecule has 5 rings (SSSR count). The van der Waals surface area contributed by atoms with E-state index in [-0.39, 0.29) is 5.91 Å². The van der Waals surface area contributed by atoms with E-state index in [0.717, 1.165) is 42.6 Å². The Labute approximate surface area is 174 Å². The number of piperazine rings is 1. The second-order valence-corrected chi connectivity index (χ2v) is 8.18. The number of para-hydroxylation sites is 2. The van der Waals surface area contributed by atoms with Crippen molar-refractivity contribution in [3.05, 3.63) is 54.1 Å². The van der Waals surface area contributed by atoms with Crippen LogP contribution in [0.4, 0.5) is 0 Å². The van der Waals surface area contributed by atoms with Crippen molar-refractivity contribution in [1.82, 2.24) is 14.8 Å². The van der Waals surface area contributed by atoms with Crippen LogP contribution in [0, 0.1) is 0 Å². The molecule has 2 aromatic carbocycles. The zero-order valence-corrected chi connectivity index (χ0v) is 16.8. The van der Waals surface area contributed by atoms with Crippen molar-refractivity contribution in [2.24, 2.45) is 0 Å². The van der Waals surface area contributed by atoms with Crippen LogP contribution < -0.4 is 0 Å². The van der Waals surface area contributed by atoms with Gasteiger partial charge >= 0.3 is 0 Å². The lowest BCUT2D eigenvalue weighted by molar-refractivity contribution is -0.0388. The van der Waals surface area contributed by atoms with Crippen molar-refractivity contribution < 1.29 is 19.1 Å². The van der Waals surface area contributed by atoms with E-state index in [1.165, 1.54) is 0 Å². The minimum Gasteiger partial charge on any atom is -0.436 e. The van der Waals surface area contributed by atoms with E-state index in [0.29, 0.717) is 37.9 Å². The van der Waals surface area contributed by atoms with E-state index in [1.54, 1.807) is 0 Å². The monoisotopic (exact) mass is 407 g/mol. The lowest BCUT2D eigenvalue weighted by atomic mass is 10.1. The van der Waals surface area contributed by atoms with Gasteiger partial charge in [-0.25, -0.2) is 4.98 Å². The Morgan fingerprint density at radius 3 is 2.50 bits per heavy atom. The number of benzene rings is 2. The first-order valence-electron chi connectivity index (χ1n) is 10.4. The van der Waals surface area contributed by atoms with E-state index >= 15 is 0 Å². The van der Waals surface area contributed by atoms with Crippen molar-refractivity contribution in [3.8, 4) is 11.5 Å². The molecule has 0 spiro atoms. The highest BCUT2D eigenvalue weighted by Crippen LogP contribution is 2.35. The Morgan fingerprint density at radius 2 is 1.80 bits per heavy atom. The zero-order valence-electron chi connectivity index (χ0n) is 16.8. The highest BCUT2D eigenvalue weighted by Gasteiger charge is 2.40. The van der Waals surface area contributed by atoms with Gasteiger partial charge in [-0.05, 0) is 49.2 Å². The summed E-state index contributed by atoms with van der Waals surface area (Å²) in [6.45, 7) is 3.77. The second-order valence-electron chi connectivity index (χ2n) is 8.18. The third-order valence-corrected chi connectivity index (χ3v) is 5.80. The summed E-state index contributed by atoms with van der Waals surface area (Å²) in [4.78, 5) is 21.4. The topological polar surface area (TPSA) is 79.0 Å². The van der Waals surface area contributed by atoms with E-state index in [2.05, 4.69) is 9.88 Å². The van der Waals surface area contributed by atoms with Gasteiger partial charge in [0.25, 0.3) is 5.91 Å². The molecular formula is C23H25N3O4. The summed E-state index contributed by atoms with van der Waals surface area (Å²) in [5, 5.41) is 9.82. The van der Waals surface area contributed by atoms with Crippen molar-refractivity contribution >= 4 is 17.0 Å². The maximum absolute atomic E-state index is 12.9. The molecular weight excluding hydrogens is 382 g/mol. The summed E-state index contributed by atoms with van der Waals surface area (Å²) >= 11 is 0. The van der Waals surface area contributed by atoms with Gasteiger partial charge < -0.3 is 19.2 Å². The summed E-state index contributed by atoms with van der Waals surface area (Å²) in [5.41, 5.74) is 2.50. The van der Waals surface area contributed by atoms with Gasteiger partial charge in [0, 0.05) is 37.3 Å².